The normalized spacial score (nSPS) is 16.6. The van der Waals surface area contributed by atoms with Crippen LogP contribution >= 0.6 is 11.8 Å². The largest absolute Gasteiger partial charge is 0.326 e. The third-order valence-corrected chi connectivity index (χ3v) is 5.63. The summed E-state index contributed by atoms with van der Waals surface area (Å²) < 4.78 is 13.6. The number of nitrogens with one attached hydrogen (secondary N) is 1. The summed E-state index contributed by atoms with van der Waals surface area (Å²) >= 11 is 1.50. The lowest BCUT2D eigenvalue weighted by Crippen LogP contribution is -2.27. The molecule has 0 unspecified atom stereocenters. The molecule has 0 saturated carbocycles. The molecular weight excluding hydrogens is 363 g/mol. The highest BCUT2D eigenvalue weighted by Crippen LogP contribution is 2.42. The lowest BCUT2D eigenvalue weighted by atomic mass is 10.1. The van der Waals surface area contributed by atoms with Gasteiger partial charge in [-0.25, -0.2) is 4.39 Å². The molecule has 2 amide bonds. The molecule has 0 spiro atoms. The van der Waals surface area contributed by atoms with Gasteiger partial charge in [0.05, 0.1) is 5.75 Å². The SMILES string of the molecule is CCCCCC(=O)Nc1cccc([C@@H]2SCC(=O)N2c2cccc(F)c2)c1. The number of carbonyl (C=O) groups excluding carboxylic acids is 2. The summed E-state index contributed by atoms with van der Waals surface area (Å²) in [7, 11) is 0. The lowest BCUT2D eigenvalue weighted by molar-refractivity contribution is -0.117. The van der Waals surface area contributed by atoms with Crippen molar-refractivity contribution in [1.82, 2.24) is 0 Å². The van der Waals surface area contributed by atoms with E-state index in [9.17, 15) is 14.0 Å². The number of amides is 2. The molecule has 142 valence electrons. The van der Waals surface area contributed by atoms with E-state index in [1.54, 1.807) is 17.0 Å². The third-order valence-electron chi connectivity index (χ3n) is 4.42. The molecule has 0 radical (unpaired) electrons. The van der Waals surface area contributed by atoms with Crippen molar-refractivity contribution >= 4 is 35.0 Å². The number of unbranched alkanes of at least 4 members (excludes halogenated alkanes) is 2. The average Bonchev–Trinajstić information content (AvgIpc) is 3.04. The smallest absolute Gasteiger partial charge is 0.238 e. The van der Waals surface area contributed by atoms with Crippen molar-refractivity contribution in [3.05, 3.63) is 59.9 Å². The van der Waals surface area contributed by atoms with Gasteiger partial charge in [0, 0.05) is 17.8 Å². The summed E-state index contributed by atoms with van der Waals surface area (Å²) in [4.78, 5) is 26.1. The molecule has 2 aromatic rings. The third kappa shape index (κ3) is 4.89. The van der Waals surface area contributed by atoms with Crippen LogP contribution in [-0.2, 0) is 9.59 Å². The van der Waals surface area contributed by atoms with E-state index in [4.69, 9.17) is 0 Å². The Morgan fingerprint density at radius 3 is 2.81 bits per heavy atom. The van der Waals surface area contributed by atoms with Crippen LogP contribution in [0.2, 0.25) is 0 Å². The fourth-order valence-corrected chi connectivity index (χ4v) is 4.27. The molecule has 1 aliphatic rings. The molecule has 1 aliphatic heterocycles. The summed E-state index contributed by atoms with van der Waals surface area (Å²) in [5, 5.41) is 2.69. The molecule has 2 aromatic carbocycles. The Morgan fingerprint density at radius 1 is 1.22 bits per heavy atom. The zero-order chi connectivity index (χ0) is 19.2. The van der Waals surface area contributed by atoms with Crippen LogP contribution in [0, 0.1) is 5.82 Å². The zero-order valence-electron chi connectivity index (χ0n) is 15.3. The molecule has 27 heavy (non-hydrogen) atoms. The lowest BCUT2D eigenvalue weighted by Gasteiger charge is -2.24. The van der Waals surface area contributed by atoms with Crippen LogP contribution < -0.4 is 10.2 Å². The average molecular weight is 386 g/mol. The molecule has 1 N–H and O–H groups in total. The van der Waals surface area contributed by atoms with Gasteiger partial charge in [-0.15, -0.1) is 11.8 Å². The molecular formula is C21H23FN2O2S. The fourth-order valence-electron chi connectivity index (χ4n) is 3.10. The summed E-state index contributed by atoms with van der Waals surface area (Å²) in [5.41, 5.74) is 2.17. The van der Waals surface area contributed by atoms with Gasteiger partial charge in [-0.05, 0) is 42.3 Å². The van der Waals surface area contributed by atoms with E-state index in [2.05, 4.69) is 12.2 Å². The molecule has 1 fully saturated rings. The van der Waals surface area contributed by atoms with E-state index in [1.807, 2.05) is 24.3 Å². The molecule has 3 rings (SSSR count). The van der Waals surface area contributed by atoms with E-state index in [0.717, 1.165) is 24.8 Å². The molecule has 1 heterocycles. The highest BCUT2D eigenvalue weighted by molar-refractivity contribution is 8.00. The van der Waals surface area contributed by atoms with Gasteiger partial charge in [0.1, 0.15) is 11.2 Å². The Hall–Kier alpha value is -2.34. The standard InChI is InChI=1S/C21H23FN2O2S/c1-2-3-4-11-19(25)23-17-9-5-7-15(12-17)21-24(20(26)14-27-21)18-10-6-8-16(22)13-18/h5-10,12-13,21H,2-4,11,14H2,1H3,(H,23,25)/t21-/m0/s1. The van der Waals surface area contributed by atoms with Crippen LogP contribution in [0.25, 0.3) is 0 Å². The van der Waals surface area contributed by atoms with Gasteiger partial charge >= 0.3 is 0 Å². The summed E-state index contributed by atoms with van der Waals surface area (Å²) in [6.07, 6.45) is 3.50. The van der Waals surface area contributed by atoms with E-state index in [1.165, 1.54) is 23.9 Å². The first-order valence-electron chi connectivity index (χ1n) is 9.17. The Balaban J connectivity index is 1.77. The Morgan fingerprint density at radius 2 is 2.04 bits per heavy atom. The van der Waals surface area contributed by atoms with Crippen LogP contribution in [0.4, 0.5) is 15.8 Å². The van der Waals surface area contributed by atoms with Crippen molar-refractivity contribution in [2.75, 3.05) is 16.0 Å². The van der Waals surface area contributed by atoms with Crippen LogP contribution in [0.1, 0.15) is 43.5 Å². The molecule has 6 heteroatoms. The molecule has 1 atom stereocenters. The summed E-state index contributed by atoms with van der Waals surface area (Å²) in [6.45, 7) is 2.10. The van der Waals surface area contributed by atoms with Crippen molar-refractivity contribution in [3.63, 3.8) is 0 Å². The van der Waals surface area contributed by atoms with Gasteiger partial charge in [0.2, 0.25) is 11.8 Å². The van der Waals surface area contributed by atoms with Crippen molar-refractivity contribution in [1.29, 1.82) is 0 Å². The molecule has 0 aliphatic carbocycles. The van der Waals surface area contributed by atoms with Crippen LogP contribution in [0.5, 0.6) is 0 Å². The Labute approximate surface area is 163 Å². The zero-order valence-corrected chi connectivity index (χ0v) is 16.1. The fraction of sp³-hybridized carbons (Fsp3) is 0.333. The first-order valence-corrected chi connectivity index (χ1v) is 10.2. The predicted molar refractivity (Wildman–Crippen MR) is 108 cm³/mol. The van der Waals surface area contributed by atoms with E-state index in [0.29, 0.717) is 23.5 Å². The molecule has 4 nitrogen and oxygen atoms in total. The van der Waals surface area contributed by atoms with Crippen molar-refractivity contribution < 1.29 is 14.0 Å². The molecule has 0 bridgehead atoms. The van der Waals surface area contributed by atoms with Gasteiger partial charge in [-0.3, -0.25) is 14.5 Å². The van der Waals surface area contributed by atoms with Crippen LogP contribution in [0.15, 0.2) is 48.5 Å². The number of anilines is 2. The number of benzene rings is 2. The summed E-state index contributed by atoms with van der Waals surface area (Å²) in [6, 6.07) is 13.6. The first-order chi connectivity index (χ1) is 13.1. The maximum absolute atomic E-state index is 13.6. The highest BCUT2D eigenvalue weighted by atomic mass is 32.2. The van der Waals surface area contributed by atoms with Gasteiger partial charge < -0.3 is 5.32 Å². The maximum Gasteiger partial charge on any atom is 0.238 e. The van der Waals surface area contributed by atoms with Gasteiger partial charge in [-0.2, -0.15) is 0 Å². The number of nitrogens with zero attached hydrogens (tertiary/aromatic N) is 1. The number of hydrogen-bond donors (Lipinski definition) is 1. The minimum Gasteiger partial charge on any atom is -0.326 e. The first kappa shape index (κ1) is 19.4. The Kier molecular flexibility index (Phi) is 6.50. The van der Waals surface area contributed by atoms with Crippen molar-refractivity contribution in [2.45, 2.75) is 38.0 Å². The Bertz CT molecular complexity index is 827. The number of halogens is 1. The van der Waals surface area contributed by atoms with Gasteiger partial charge in [-0.1, -0.05) is 38.0 Å². The van der Waals surface area contributed by atoms with Gasteiger partial charge in [0.25, 0.3) is 0 Å². The number of thioether (sulfide) groups is 1. The minimum atomic E-state index is -0.371. The predicted octanol–water partition coefficient (Wildman–Crippen LogP) is 5.12. The van der Waals surface area contributed by atoms with Crippen molar-refractivity contribution in [2.24, 2.45) is 0 Å². The number of carbonyl (C=O) groups is 2. The van der Waals surface area contributed by atoms with Crippen molar-refractivity contribution in [3.8, 4) is 0 Å². The number of hydrogen-bond acceptors (Lipinski definition) is 3. The van der Waals surface area contributed by atoms with E-state index >= 15 is 0 Å². The second-order valence-corrected chi connectivity index (χ2v) is 7.61. The monoisotopic (exact) mass is 386 g/mol. The molecule has 1 saturated heterocycles. The molecule has 0 aromatic heterocycles. The quantitative estimate of drug-likeness (QED) is 0.672. The van der Waals surface area contributed by atoms with E-state index in [-0.39, 0.29) is 23.0 Å². The van der Waals surface area contributed by atoms with Gasteiger partial charge in [0.15, 0.2) is 0 Å². The maximum atomic E-state index is 13.6. The summed E-state index contributed by atoms with van der Waals surface area (Å²) in [5.74, 6) is -0.0826. The van der Waals surface area contributed by atoms with Crippen LogP contribution in [0.3, 0.4) is 0 Å². The second-order valence-electron chi connectivity index (χ2n) is 6.54. The second kappa shape index (κ2) is 9.04. The minimum absolute atomic E-state index is 0.00209. The number of rotatable bonds is 7. The highest BCUT2D eigenvalue weighted by Gasteiger charge is 2.34. The topological polar surface area (TPSA) is 49.4 Å². The van der Waals surface area contributed by atoms with Crippen LogP contribution in [-0.4, -0.2) is 17.6 Å². The van der Waals surface area contributed by atoms with E-state index < -0.39 is 0 Å².